The summed E-state index contributed by atoms with van der Waals surface area (Å²) in [5.74, 6) is 1.27. The zero-order valence-electron chi connectivity index (χ0n) is 24.0. The molecular weight excluding hydrogens is 554 g/mol. The minimum absolute atomic E-state index is 0.0838. The largest absolute Gasteiger partial charge is 0.493 e. The summed E-state index contributed by atoms with van der Waals surface area (Å²) in [6, 6.07) is 17.1. The molecule has 43 heavy (non-hydrogen) atoms. The lowest BCUT2D eigenvalue weighted by Crippen LogP contribution is -2.46. The molecule has 4 aromatic rings. The van der Waals surface area contributed by atoms with Crippen molar-refractivity contribution in [1.82, 2.24) is 25.2 Å². The molecule has 1 N–H and O–H groups in total. The van der Waals surface area contributed by atoms with Crippen LogP contribution in [0, 0.1) is 0 Å². The van der Waals surface area contributed by atoms with Crippen molar-refractivity contribution in [3.8, 4) is 23.0 Å². The predicted molar refractivity (Wildman–Crippen MR) is 155 cm³/mol. The Hall–Kier alpha value is -4.84. The number of para-hydroxylation sites is 2. The number of aromatic nitrogens is 3. The van der Waals surface area contributed by atoms with Gasteiger partial charge in [-0.3, -0.25) is 9.59 Å². The van der Waals surface area contributed by atoms with Crippen LogP contribution >= 0.6 is 0 Å². The fourth-order valence-electron chi connectivity index (χ4n) is 5.51. The van der Waals surface area contributed by atoms with Crippen LogP contribution in [0.25, 0.3) is 11.0 Å². The third-order valence-electron chi connectivity index (χ3n) is 7.63. The summed E-state index contributed by atoms with van der Waals surface area (Å²) in [5.41, 5.74) is 2.60. The van der Waals surface area contributed by atoms with Crippen LogP contribution < -0.4 is 24.3 Å². The van der Waals surface area contributed by atoms with Gasteiger partial charge >= 0.3 is 0 Å². The van der Waals surface area contributed by atoms with Gasteiger partial charge in [-0.15, -0.1) is 5.10 Å². The maximum atomic E-state index is 14.3. The van der Waals surface area contributed by atoms with E-state index in [1.807, 2.05) is 36.4 Å². The highest BCUT2D eigenvalue weighted by Crippen LogP contribution is 2.39. The minimum Gasteiger partial charge on any atom is -0.493 e. The molecule has 12 nitrogen and oxygen atoms in total. The van der Waals surface area contributed by atoms with E-state index in [-0.39, 0.29) is 37.8 Å². The van der Waals surface area contributed by atoms with E-state index in [1.54, 1.807) is 24.3 Å². The zero-order valence-corrected chi connectivity index (χ0v) is 24.0. The average molecular weight is 588 g/mol. The Morgan fingerprint density at radius 1 is 1.07 bits per heavy atom. The summed E-state index contributed by atoms with van der Waals surface area (Å²) in [6.45, 7) is 1.04. The van der Waals surface area contributed by atoms with E-state index >= 15 is 0 Å². The average Bonchev–Trinajstić information content (AvgIpc) is 3.81. The van der Waals surface area contributed by atoms with E-state index in [9.17, 15) is 9.59 Å². The molecular formula is C31H33N5O7. The van der Waals surface area contributed by atoms with Crippen molar-refractivity contribution in [2.75, 3.05) is 34.2 Å². The van der Waals surface area contributed by atoms with Crippen molar-refractivity contribution in [3.05, 3.63) is 71.8 Å². The standard InChI is InChI=1S/C31H33N5O7/c1-39-26-11-5-8-22(30(26)40-2)29(31(38)32-16-21-7-6-14-41-21)35(17-20-12-13-25-27(15-20)43-19-42-25)28(37)18-36-24-10-4-3-9-23(24)33-34-36/h3-5,8-13,15,21,29H,6-7,14,16-19H2,1-2H3,(H,32,38)/t21-,29-/m0/s1. The van der Waals surface area contributed by atoms with Crippen molar-refractivity contribution < 1.29 is 33.3 Å². The van der Waals surface area contributed by atoms with Gasteiger partial charge in [-0.25, -0.2) is 4.68 Å². The first kappa shape index (κ1) is 28.3. The molecule has 1 aromatic heterocycles. The highest BCUT2D eigenvalue weighted by atomic mass is 16.7. The van der Waals surface area contributed by atoms with Crippen LogP contribution in [0.5, 0.6) is 23.0 Å². The number of hydrogen-bond donors (Lipinski definition) is 1. The summed E-state index contributed by atoms with van der Waals surface area (Å²) in [5, 5.41) is 11.4. The van der Waals surface area contributed by atoms with Gasteiger partial charge in [0, 0.05) is 25.3 Å². The molecule has 0 bridgehead atoms. The van der Waals surface area contributed by atoms with Gasteiger partial charge < -0.3 is 33.9 Å². The molecule has 0 saturated carbocycles. The molecule has 6 rings (SSSR count). The third kappa shape index (κ3) is 5.91. The van der Waals surface area contributed by atoms with Crippen LogP contribution in [0.1, 0.15) is 30.0 Å². The lowest BCUT2D eigenvalue weighted by atomic mass is 10.0. The number of rotatable bonds is 11. The maximum Gasteiger partial charge on any atom is 0.247 e. The van der Waals surface area contributed by atoms with E-state index in [2.05, 4.69) is 15.6 Å². The van der Waals surface area contributed by atoms with Gasteiger partial charge in [0.1, 0.15) is 18.1 Å². The number of carbonyl (C=O) groups excluding carboxylic acids is 2. The number of nitrogens with one attached hydrogen (secondary N) is 1. The second-order valence-corrected chi connectivity index (χ2v) is 10.3. The van der Waals surface area contributed by atoms with Crippen molar-refractivity contribution in [3.63, 3.8) is 0 Å². The number of fused-ring (bicyclic) bond motifs is 2. The Kier molecular flexibility index (Phi) is 8.27. The molecule has 0 radical (unpaired) electrons. The molecule has 2 atom stereocenters. The number of nitrogens with zero attached hydrogens (tertiary/aromatic N) is 4. The Balaban J connectivity index is 1.41. The summed E-state index contributed by atoms with van der Waals surface area (Å²) in [4.78, 5) is 30.0. The minimum atomic E-state index is -1.08. The van der Waals surface area contributed by atoms with Gasteiger partial charge in [-0.05, 0) is 48.7 Å². The Bertz CT molecular complexity index is 1620. The quantitative estimate of drug-likeness (QED) is 0.281. The first-order valence-electron chi connectivity index (χ1n) is 14.1. The highest BCUT2D eigenvalue weighted by molar-refractivity contribution is 5.90. The lowest BCUT2D eigenvalue weighted by molar-refractivity contribution is -0.142. The summed E-state index contributed by atoms with van der Waals surface area (Å²) >= 11 is 0. The normalized spacial score (nSPS) is 16.2. The van der Waals surface area contributed by atoms with Crippen molar-refractivity contribution in [2.45, 2.75) is 38.1 Å². The molecule has 0 spiro atoms. The van der Waals surface area contributed by atoms with E-state index in [1.165, 1.54) is 23.8 Å². The maximum absolute atomic E-state index is 14.3. The summed E-state index contributed by atoms with van der Waals surface area (Å²) in [7, 11) is 3.04. The summed E-state index contributed by atoms with van der Waals surface area (Å²) < 4.78 is 29.7. The first-order chi connectivity index (χ1) is 21.1. The number of ether oxygens (including phenoxy) is 5. The van der Waals surface area contributed by atoms with E-state index in [0.717, 1.165) is 18.4 Å². The number of methoxy groups -OCH3 is 2. The number of amides is 2. The molecule has 1 fully saturated rings. The SMILES string of the molecule is COc1cccc([C@@H](C(=O)NC[C@@H]2CCCO2)N(Cc2ccc3c(c2)OCO3)C(=O)Cn2nnc3ccccc32)c1OC. The Morgan fingerprint density at radius 2 is 1.93 bits per heavy atom. The predicted octanol–water partition coefficient (Wildman–Crippen LogP) is 3.24. The molecule has 2 aliphatic heterocycles. The Labute approximate surface area is 248 Å². The fraction of sp³-hybridized carbons (Fsp3) is 0.355. The Morgan fingerprint density at radius 3 is 2.74 bits per heavy atom. The topological polar surface area (TPSA) is 126 Å². The number of benzene rings is 3. The van der Waals surface area contributed by atoms with Gasteiger partial charge in [-0.2, -0.15) is 0 Å². The molecule has 0 unspecified atom stereocenters. The van der Waals surface area contributed by atoms with Crippen LogP contribution in [0.2, 0.25) is 0 Å². The molecule has 3 aromatic carbocycles. The van der Waals surface area contributed by atoms with Crippen LogP contribution in [-0.2, 0) is 27.4 Å². The lowest BCUT2D eigenvalue weighted by Gasteiger charge is -2.33. The van der Waals surface area contributed by atoms with Crippen LogP contribution in [0.3, 0.4) is 0 Å². The van der Waals surface area contributed by atoms with Gasteiger partial charge in [-0.1, -0.05) is 35.5 Å². The van der Waals surface area contributed by atoms with E-state index in [0.29, 0.717) is 52.7 Å². The molecule has 1 saturated heterocycles. The van der Waals surface area contributed by atoms with Crippen LogP contribution in [0.4, 0.5) is 0 Å². The number of carbonyl (C=O) groups is 2. The zero-order chi connectivity index (χ0) is 29.8. The number of hydrogen-bond acceptors (Lipinski definition) is 9. The van der Waals surface area contributed by atoms with Crippen molar-refractivity contribution in [2.24, 2.45) is 0 Å². The van der Waals surface area contributed by atoms with Crippen molar-refractivity contribution in [1.29, 1.82) is 0 Å². The van der Waals surface area contributed by atoms with Crippen LogP contribution in [-0.4, -0.2) is 72.0 Å². The third-order valence-corrected chi connectivity index (χ3v) is 7.63. The molecule has 12 heteroatoms. The van der Waals surface area contributed by atoms with Crippen molar-refractivity contribution >= 4 is 22.8 Å². The highest BCUT2D eigenvalue weighted by Gasteiger charge is 2.36. The van der Waals surface area contributed by atoms with Gasteiger partial charge in [0.25, 0.3) is 0 Å². The van der Waals surface area contributed by atoms with E-state index in [4.69, 9.17) is 23.7 Å². The first-order valence-corrected chi connectivity index (χ1v) is 14.1. The molecule has 3 heterocycles. The van der Waals surface area contributed by atoms with Gasteiger partial charge in [0.2, 0.25) is 18.6 Å². The summed E-state index contributed by atoms with van der Waals surface area (Å²) in [6.07, 6.45) is 1.71. The van der Waals surface area contributed by atoms with E-state index < -0.39 is 6.04 Å². The molecule has 0 aliphatic carbocycles. The second-order valence-electron chi connectivity index (χ2n) is 10.3. The van der Waals surface area contributed by atoms with Gasteiger partial charge in [0.15, 0.2) is 23.0 Å². The van der Waals surface area contributed by atoms with Crippen LogP contribution in [0.15, 0.2) is 60.7 Å². The monoisotopic (exact) mass is 587 g/mol. The molecule has 224 valence electrons. The molecule has 2 amide bonds. The molecule has 2 aliphatic rings. The second kappa shape index (κ2) is 12.6. The van der Waals surface area contributed by atoms with Gasteiger partial charge in [0.05, 0.1) is 25.8 Å². The smallest absolute Gasteiger partial charge is 0.247 e. The fourth-order valence-corrected chi connectivity index (χ4v) is 5.51.